The number of carbonyl (C=O) groups is 2. The molecule has 2 amide bonds. The first-order valence-electron chi connectivity index (χ1n) is 9.30. The first kappa shape index (κ1) is 17.5. The first-order chi connectivity index (χ1) is 12.7. The lowest BCUT2D eigenvalue weighted by Gasteiger charge is -2.17. The number of fused-ring (bicyclic) bond motifs is 1. The zero-order chi connectivity index (χ0) is 17.9. The van der Waals surface area contributed by atoms with Crippen molar-refractivity contribution in [2.75, 3.05) is 30.5 Å². The van der Waals surface area contributed by atoms with E-state index in [-0.39, 0.29) is 30.9 Å². The number of benzene rings is 1. The number of amides is 2. The Morgan fingerprint density at radius 1 is 1.23 bits per heavy atom. The van der Waals surface area contributed by atoms with Crippen LogP contribution in [0, 0.1) is 5.92 Å². The standard InChI is InChI=1S/C19H24N2O4S/c22-18-9-13(19(23)20-7-8-26-15-3-1-2-4-15)11-21(18)14-5-6-16-17(10-14)25-12-24-16/h5-6,10,13,15H,1-4,7-9,11-12H2,(H,20,23). The van der Waals surface area contributed by atoms with E-state index in [9.17, 15) is 9.59 Å². The van der Waals surface area contributed by atoms with Crippen LogP contribution in [-0.2, 0) is 9.59 Å². The highest BCUT2D eigenvalue weighted by atomic mass is 32.2. The minimum atomic E-state index is -0.288. The molecule has 1 aliphatic carbocycles. The average molecular weight is 376 g/mol. The van der Waals surface area contributed by atoms with Crippen LogP contribution in [0.1, 0.15) is 32.1 Å². The van der Waals surface area contributed by atoms with Gasteiger partial charge in [0, 0.05) is 42.3 Å². The molecule has 1 saturated heterocycles. The van der Waals surface area contributed by atoms with Gasteiger partial charge in [-0.15, -0.1) is 0 Å². The number of ether oxygens (including phenoxy) is 2. The van der Waals surface area contributed by atoms with Crippen molar-refractivity contribution in [2.24, 2.45) is 5.92 Å². The molecule has 3 aliphatic rings. The molecule has 1 aromatic rings. The van der Waals surface area contributed by atoms with Crippen molar-refractivity contribution < 1.29 is 19.1 Å². The number of carbonyl (C=O) groups excluding carboxylic acids is 2. The molecule has 140 valence electrons. The van der Waals surface area contributed by atoms with Crippen molar-refractivity contribution in [3.63, 3.8) is 0 Å². The summed E-state index contributed by atoms with van der Waals surface area (Å²) in [5, 5.41) is 3.76. The van der Waals surface area contributed by atoms with E-state index >= 15 is 0 Å². The monoisotopic (exact) mass is 376 g/mol. The highest BCUT2D eigenvalue weighted by Crippen LogP contribution is 2.37. The first-order valence-corrected chi connectivity index (χ1v) is 10.3. The second-order valence-corrected chi connectivity index (χ2v) is 8.42. The Kier molecular flexibility index (Phi) is 5.24. The Hall–Kier alpha value is -1.89. The van der Waals surface area contributed by atoms with Crippen molar-refractivity contribution >= 4 is 29.3 Å². The molecule has 2 heterocycles. The Balaban J connectivity index is 1.27. The van der Waals surface area contributed by atoms with Gasteiger partial charge in [-0.3, -0.25) is 9.59 Å². The normalized spacial score (nSPS) is 22.2. The molecular formula is C19H24N2O4S. The number of rotatable bonds is 6. The maximum absolute atomic E-state index is 12.4. The number of anilines is 1. The number of nitrogens with zero attached hydrogens (tertiary/aromatic N) is 1. The highest BCUT2D eigenvalue weighted by molar-refractivity contribution is 7.99. The van der Waals surface area contributed by atoms with Crippen LogP contribution in [0.15, 0.2) is 18.2 Å². The van der Waals surface area contributed by atoms with Gasteiger partial charge in [0.2, 0.25) is 18.6 Å². The maximum atomic E-state index is 12.4. The SMILES string of the molecule is O=C(NCCSC1CCCC1)C1CC(=O)N(c2ccc3c(c2)OCO3)C1. The molecule has 6 nitrogen and oxygen atoms in total. The van der Waals surface area contributed by atoms with Crippen LogP contribution in [0.25, 0.3) is 0 Å². The van der Waals surface area contributed by atoms with Crippen LogP contribution >= 0.6 is 11.8 Å². The summed E-state index contributed by atoms with van der Waals surface area (Å²) in [5.41, 5.74) is 0.756. The fourth-order valence-electron chi connectivity index (χ4n) is 3.79. The smallest absolute Gasteiger partial charge is 0.231 e. The zero-order valence-electron chi connectivity index (χ0n) is 14.7. The molecule has 1 aromatic carbocycles. The van der Waals surface area contributed by atoms with E-state index < -0.39 is 0 Å². The third kappa shape index (κ3) is 3.77. The molecule has 0 aromatic heterocycles. The number of hydrogen-bond donors (Lipinski definition) is 1. The van der Waals surface area contributed by atoms with Gasteiger partial charge in [-0.25, -0.2) is 0 Å². The Morgan fingerprint density at radius 3 is 2.88 bits per heavy atom. The molecule has 2 fully saturated rings. The van der Waals surface area contributed by atoms with Gasteiger partial charge in [0.25, 0.3) is 0 Å². The molecule has 0 spiro atoms. The van der Waals surface area contributed by atoms with Gasteiger partial charge in [-0.2, -0.15) is 11.8 Å². The summed E-state index contributed by atoms with van der Waals surface area (Å²) in [7, 11) is 0. The molecule has 1 unspecified atom stereocenters. The average Bonchev–Trinajstić information content (AvgIpc) is 3.38. The van der Waals surface area contributed by atoms with E-state index in [1.165, 1.54) is 25.7 Å². The second kappa shape index (κ2) is 7.78. The van der Waals surface area contributed by atoms with E-state index in [0.29, 0.717) is 24.6 Å². The molecule has 2 aliphatic heterocycles. The molecule has 1 N–H and O–H groups in total. The molecular weight excluding hydrogens is 352 g/mol. The van der Waals surface area contributed by atoms with Crippen molar-refractivity contribution in [3.05, 3.63) is 18.2 Å². The maximum Gasteiger partial charge on any atom is 0.231 e. The summed E-state index contributed by atoms with van der Waals surface area (Å²) < 4.78 is 10.7. The van der Waals surface area contributed by atoms with Gasteiger partial charge >= 0.3 is 0 Å². The molecule has 0 radical (unpaired) electrons. The van der Waals surface area contributed by atoms with Gasteiger partial charge in [-0.05, 0) is 25.0 Å². The highest BCUT2D eigenvalue weighted by Gasteiger charge is 2.35. The predicted octanol–water partition coefficient (Wildman–Crippen LogP) is 2.56. The van der Waals surface area contributed by atoms with Gasteiger partial charge in [0.05, 0.1) is 5.92 Å². The van der Waals surface area contributed by atoms with E-state index in [4.69, 9.17) is 9.47 Å². The van der Waals surface area contributed by atoms with Crippen LogP contribution in [0.5, 0.6) is 11.5 Å². The topological polar surface area (TPSA) is 67.9 Å². The molecule has 26 heavy (non-hydrogen) atoms. The van der Waals surface area contributed by atoms with E-state index in [1.807, 2.05) is 17.8 Å². The lowest BCUT2D eigenvalue weighted by molar-refractivity contribution is -0.126. The largest absolute Gasteiger partial charge is 0.454 e. The van der Waals surface area contributed by atoms with E-state index in [2.05, 4.69) is 5.32 Å². The lowest BCUT2D eigenvalue weighted by Crippen LogP contribution is -2.34. The fourth-order valence-corrected chi connectivity index (χ4v) is 5.00. The minimum absolute atomic E-state index is 0.0198. The van der Waals surface area contributed by atoms with Crippen LogP contribution in [0.4, 0.5) is 5.69 Å². The summed E-state index contributed by atoms with van der Waals surface area (Å²) in [6.45, 7) is 1.30. The molecule has 1 saturated carbocycles. The lowest BCUT2D eigenvalue weighted by atomic mass is 10.1. The number of thioether (sulfide) groups is 1. The van der Waals surface area contributed by atoms with Crippen molar-refractivity contribution in [3.8, 4) is 11.5 Å². The van der Waals surface area contributed by atoms with Crippen molar-refractivity contribution in [1.82, 2.24) is 5.32 Å². The summed E-state index contributed by atoms with van der Waals surface area (Å²) in [6.07, 6.45) is 5.55. The second-order valence-electron chi connectivity index (χ2n) is 7.01. The number of nitrogens with one attached hydrogen (secondary N) is 1. The van der Waals surface area contributed by atoms with Crippen LogP contribution in [-0.4, -0.2) is 42.7 Å². The van der Waals surface area contributed by atoms with E-state index in [1.54, 1.807) is 17.0 Å². The van der Waals surface area contributed by atoms with Gasteiger partial charge in [0.15, 0.2) is 11.5 Å². The third-order valence-electron chi connectivity index (χ3n) is 5.22. The Bertz CT molecular complexity index is 690. The van der Waals surface area contributed by atoms with Crippen molar-refractivity contribution in [2.45, 2.75) is 37.4 Å². The summed E-state index contributed by atoms with van der Waals surface area (Å²) in [6, 6.07) is 5.45. The molecule has 0 bridgehead atoms. The zero-order valence-corrected chi connectivity index (χ0v) is 15.6. The predicted molar refractivity (Wildman–Crippen MR) is 101 cm³/mol. The molecule has 7 heteroatoms. The van der Waals surface area contributed by atoms with Crippen LogP contribution < -0.4 is 19.7 Å². The Labute approximate surface area is 157 Å². The Morgan fingerprint density at radius 2 is 2.04 bits per heavy atom. The third-order valence-corrected chi connectivity index (χ3v) is 6.60. The van der Waals surface area contributed by atoms with Gasteiger partial charge in [-0.1, -0.05) is 12.8 Å². The minimum Gasteiger partial charge on any atom is -0.454 e. The molecule has 1 atom stereocenters. The quantitative estimate of drug-likeness (QED) is 0.773. The van der Waals surface area contributed by atoms with Gasteiger partial charge in [0.1, 0.15) is 0 Å². The summed E-state index contributed by atoms with van der Waals surface area (Å²) in [4.78, 5) is 26.4. The fraction of sp³-hybridized carbons (Fsp3) is 0.579. The van der Waals surface area contributed by atoms with E-state index in [0.717, 1.165) is 16.7 Å². The summed E-state index contributed by atoms with van der Waals surface area (Å²) >= 11 is 1.96. The van der Waals surface area contributed by atoms with Gasteiger partial charge < -0.3 is 19.7 Å². The van der Waals surface area contributed by atoms with Crippen LogP contribution in [0.3, 0.4) is 0 Å². The van der Waals surface area contributed by atoms with Crippen LogP contribution in [0.2, 0.25) is 0 Å². The van der Waals surface area contributed by atoms with Crippen molar-refractivity contribution in [1.29, 1.82) is 0 Å². The summed E-state index contributed by atoms with van der Waals surface area (Å²) in [5.74, 6) is 1.95. The number of hydrogen-bond acceptors (Lipinski definition) is 5. The molecule has 4 rings (SSSR count).